The van der Waals surface area contributed by atoms with Crippen LogP contribution in [0.25, 0.3) is 28.4 Å². The molecule has 0 unspecified atom stereocenters. The van der Waals surface area contributed by atoms with Gasteiger partial charge >= 0.3 is 0 Å². The summed E-state index contributed by atoms with van der Waals surface area (Å²) < 4.78 is 10.6. The van der Waals surface area contributed by atoms with Gasteiger partial charge in [0.25, 0.3) is 5.56 Å². The molecule has 9 nitrogen and oxygen atoms in total. The van der Waals surface area contributed by atoms with Crippen LogP contribution in [0.3, 0.4) is 0 Å². The molecule has 4 rings (SSSR count). The third-order valence-corrected chi connectivity index (χ3v) is 4.93. The van der Waals surface area contributed by atoms with Crippen molar-refractivity contribution < 1.29 is 4.74 Å². The van der Waals surface area contributed by atoms with E-state index < -0.39 is 0 Å². The van der Waals surface area contributed by atoms with E-state index in [2.05, 4.69) is 29.0 Å². The van der Waals surface area contributed by atoms with E-state index in [1.54, 1.807) is 28.0 Å². The number of hydrogen-bond acceptors (Lipinski definition) is 6. The van der Waals surface area contributed by atoms with Crippen molar-refractivity contribution in [1.29, 1.82) is 0 Å². The summed E-state index contributed by atoms with van der Waals surface area (Å²) in [6.07, 6.45) is 3.92. The first-order valence-corrected chi connectivity index (χ1v) is 10.1. The van der Waals surface area contributed by atoms with Crippen molar-refractivity contribution in [2.45, 2.75) is 33.1 Å². The number of aryl methyl sites for hydroxylation is 2. The van der Waals surface area contributed by atoms with Gasteiger partial charge in [0, 0.05) is 14.1 Å². The van der Waals surface area contributed by atoms with Gasteiger partial charge < -0.3 is 4.74 Å². The van der Waals surface area contributed by atoms with Crippen LogP contribution >= 0.6 is 0 Å². The van der Waals surface area contributed by atoms with Gasteiger partial charge in [-0.25, -0.2) is 9.67 Å². The van der Waals surface area contributed by atoms with Crippen LogP contribution in [0.5, 0.6) is 5.75 Å². The molecule has 30 heavy (non-hydrogen) atoms. The van der Waals surface area contributed by atoms with E-state index in [1.165, 1.54) is 6.33 Å². The van der Waals surface area contributed by atoms with Crippen molar-refractivity contribution in [3.05, 3.63) is 46.6 Å². The van der Waals surface area contributed by atoms with Crippen molar-refractivity contribution >= 4 is 11.0 Å². The molecule has 0 spiro atoms. The Bertz CT molecular complexity index is 1250. The molecule has 0 N–H and O–H groups in total. The van der Waals surface area contributed by atoms with Gasteiger partial charge in [-0.15, -0.1) is 0 Å². The lowest BCUT2D eigenvalue weighted by atomic mass is 10.1. The Kier molecular flexibility index (Phi) is 5.35. The highest BCUT2D eigenvalue weighted by Crippen LogP contribution is 2.29. The molecule has 3 aromatic heterocycles. The monoisotopic (exact) mass is 407 g/mol. The first kappa shape index (κ1) is 19.8. The number of nitrogens with zero attached hydrogens (tertiary/aromatic N) is 7. The zero-order chi connectivity index (χ0) is 21.3. The minimum atomic E-state index is -0.196. The van der Waals surface area contributed by atoms with Crippen molar-refractivity contribution in [1.82, 2.24) is 34.1 Å². The Balaban J connectivity index is 2.00. The second-order valence-corrected chi connectivity index (χ2v) is 7.13. The van der Waals surface area contributed by atoms with E-state index in [-0.39, 0.29) is 5.56 Å². The molecule has 0 aliphatic heterocycles. The summed E-state index contributed by atoms with van der Waals surface area (Å²) in [7, 11) is 3.48. The Morgan fingerprint density at radius 3 is 2.60 bits per heavy atom. The van der Waals surface area contributed by atoms with Crippen molar-refractivity contribution in [2.24, 2.45) is 14.1 Å². The van der Waals surface area contributed by atoms with E-state index >= 15 is 0 Å². The van der Waals surface area contributed by atoms with E-state index in [0.717, 1.165) is 24.1 Å². The Morgan fingerprint density at radius 2 is 1.90 bits per heavy atom. The summed E-state index contributed by atoms with van der Waals surface area (Å²) >= 11 is 0. The quantitative estimate of drug-likeness (QED) is 0.468. The molecule has 0 radical (unpaired) electrons. The number of rotatable bonds is 7. The van der Waals surface area contributed by atoms with Crippen LogP contribution in [0.2, 0.25) is 0 Å². The number of aromatic nitrogens is 7. The minimum Gasteiger partial charge on any atom is -0.493 e. The highest BCUT2D eigenvalue weighted by molar-refractivity contribution is 5.81. The lowest BCUT2D eigenvalue weighted by Gasteiger charge is -2.13. The van der Waals surface area contributed by atoms with Crippen molar-refractivity contribution in [3.63, 3.8) is 0 Å². The van der Waals surface area contributed by atoms with E-state index in [1.807, 2.05) is 24.3 Å². The number of ether oxygens (including phenoxy) is 1. The van der Waals surface area contributed by atoms with Crippen molar-refractivity contribution in [2.75, 3.05) is 6.61 Å². The summed E-state index contributed by atoms with van der Waals surface area (Å²) in [4.78, 5) is 22.6. The molecule has 0 fully saturated rings. The van der Waals surface area contributed by atoms with Gasteiger partial charge in [0.1, 0.15) is 23.4 Å². The second-order valence-electron chi connectivity index (χ2n) is 7.13. The standard InChI is InChI=1S/C21H25N7O2/c1-5-9-15-17-18(28(25-15)21-22-13-23-27(21)4)20(29)26(3)19(24-17)14-10-7-8-11-16(14)30-12-6-2/h7-8,10-11,13H,5-6,9,12H2,1-4H3. The second kappa shape index (κ2) is 8.10. The smallest absolute Gasteiger partial charge is 0.280 e. The first-order chi connectivity index (χ1) is 14.6. The molecule has 156 valence electrons. The number of hydrogen-bond donors (Lipinski definition) is 0. The lowest BCUT2D eigenvalue weighted by molar-refractivity contribution is 0.318. The maximum atomic E-state index is 13.5. The fourth-order valence-corrected chi connectivity index (χ4v) is 3.46. The zero-order valence-corrected chi connectivity index (χ0v) is 17.7. The zero-order valence-electron chi connectivity index (χ0n) is 17.7. The molecular weight excluding hydrogens is 382 g/mol. The van der Waals surface area contributed by atoms with E-state index in [4.69, 9.17) is 9.72 Å². The van der Waals surface area contributed by atoms with Gasteiger partial charge in [0.15, 0.2) is 5.52 Å². The molecule has 1 aromatic carbocycles. The van der Waals surface area contributed by atoms with Gasteiger partial charge in [-0.05, 0) is 25.0 Å². The topological polar surface area (TPSA) is 92.7 Å². The molecule has 0 aliphatic rings. The van der Waals surface area contributed by atoms with Gasteiger partial charge in [0.05, 0.1) is 17.9 Å². The highest BCUT2D eigenvalue weighted by atomic mass is 16.5. The number of fused-ring (bicyclic) bond motifs is 1. The summed E-state index contributed by atoms with van der Waals surface area (Å²) in [5, 5.41) is 8.79. The Labute approximate surface area is 174 Å². The minimum absolute atomic E-state index is 0.196. The van der Waals surface area contributed by atoms with Crippen molar-refractivity contribution in [3.8, 4) is 23.1 Å². The van der Waals surface area contributed by atoms with Crippen LogP contribution < -0.4 is 10.3 Å². The summed E-state index contributed by atoms with van der Waals surface area (Å²) in [6, 6.07) is 7.66. The molecule has 9 heteroatoms. The molecule has 0 atom stereocenters. The molecule has 0 amide bonds. The predicted octanol–water partition coefficient (Wildman–Crippen LogP) is 2.66. The third-order valence-electron chi connectivity index (χ3n) is 4.93. The Hall–Kier alpha value is -3.49. The largest absolute Gasteiger partial charge is 0.493 e. The van der Waals surface area contributed by atoms with Gasteiger partial charge in [-0.3, -0.25) is 9.36 Å². The molecule has 0 aliphatic carbocycles. The van der Waals surface area contributed by atoms with Crippen LogP contribution in [-0.4, -0.2) is 40.7 Å². The summed E-state index contributed by atoms with van der Waals surface area (Å²) in [5.41, 5.74) is 2.33. The molecule has 4 aromatic rings. The summed E-state index contributed by atoms with van der Waals surface area (Å²) in [5.74, 6) is 1.73. The fourth-order valence-electron chi connectivity index (χ4n) is 3.46. The van der Waals surface area contributed by atoms with Gasteiger partial charge in [-0.1, -0.05) is 32.4 Å². The van der Waals surface area contributed by atoms with Crippen LogP contribution in [0.15, 0.2) is 35.4 Å². The normalized spacial score (nSPS) is 11.3. The average molecular weight is 407 g/mol. The maximum absolute atomic E-state index is 13.5. The Morgan fingerprint density at radius 1 is 1.10 bits per heavy atom. The van der Waals surface area contributed by atoms with Crippen LogP contribution in [0, 0.1) is 0 Å². The summed E-state index contributed by atoms with van der Waals surface area (Å²) in [6.45, 7) is 4.72. The maximum Gasteiger partial charge on any atom is 0.280 e. The number of para-hydroxylation sites is 1. The SMILES string of the molecule is CCCOc1ccccc1-c1nc2c(CCC)nn(-c3ncnn3C)c2c(=O)n1C. The molecule has 0 saturated carbocycles. The average Bonchev–Trinajstić information content (AvgIpc) is 3.33. The van der Waals surface area contributed by atoms with E-state index in [0.29, 0.717) is 41.6 Å². The van der Waals surface area contributed by atoms with E-state index in [9.17, 15) is 4.79 Å². The predicted molar refractivity (Wildman–Crippen MR) is 114 cm³/mol. The lowest BCUT2D eigenvalue weighted by Crippen LogP contribution is -2.23. The van der Waals surface area contributed by atoms with Gasteiger partial charge in [-0.2, -0.15) is 19.9 Å². The molecule has 0 bridgehead atoms. The van der Waals surface area contributed by atoms with Crippen LogP contribution in [-0.2, 0) is 20.5 Å². The van der Waals surface area contributed by atoms with Crippen LogP contribution in [0.4, 0.5) is 0 Å². The molecule has 0 saturated heterocycles. The molecular formula is C21H25N7O2. The third kappa shape index (κ3) is 3.26. The first-order valence-electron chi connectivity index (χ1n) is 10.1. The number of benzene rings is 1. The fraction of sp³-hybridized carbons (Fsp3) is 0.381. The molecule has 3 heterocycles. The van der Waals surface area contributed by atoms with Crippen LogP contribution in [0.1, 0.15) is 32.4 Å². The highest BCUT2D eigenvalue weighted by Gasteiger charge is 2.23. The van der Waals surface area contributed by atoms with Gasteiger partial charge in [0.2, 0.25) is 5.95 Å².